The molecule has 0 radical (unpaired) electrons. The van der Waals surface area contributed by atoms with Crippen molar-refractivity contribution in [2.75, 3.05) is 36.5 Å². The highest BCUT2D eigenvalue weighted by Gasteiger charge is 2.32. The van der Waals surface area contributed by atoms with Crippen LogP contribution in [-0.4, -0.2) is 37.3 Å². The summed E-state index contributed by atoms with van der Waals surface area (Å²) in [5, 5.41) is 16.0. The zero-order valence-electron chi connectivity index (χ0n) is 12.0. The maximum atomic E-state index is 12.0. The summed E-state index contributed by atoms with van der Waals surface area (Å²) < 4.78 is 0. The molecule has 21 heavy (non-hydrogen) atoms. The number of carbonyl (C=O) groups excluding carboxylic acids is 1. The molecule has 1 fully saturated rings. The van der Waals surface area contributed by atoms with E-state index in [-0.39, 0.29) is 18.6 Å². The maximum Gasteiger partial charge on any atom is 0.246 e. The first-order valence-corrected chi connectivity index (χ1v) is 7.75. The summed E-state index contributed by atoms with van der Waals surface area (Å²) in [5.74, 6) is 0.271. The van der Waals surface area contributed by atoms with Crippen molar-refractivity contribution in [1.29, 1.82) is 0 Å². The summed E-state index contributed by atoms with van der Waals surface area (Å²) >= 11 is 6.42. The number of nitrogens with one attached hydrogen (secondary N) is 2. The largest absolute Gasteiger partial charge is 0.396 e. The zero-order chi connectivity index (χ0) is 15.0. The number of likely N-dealkylation sites (N-methyl/N-ethyl adjacent to an activating group) is 1. The molecular formula is C15H20ClN3O2. The fourth-order valence-electron chi connectivity index (χ4n) is 3.12. The second kappa shape index (κ2) is 5.83. The van der Waals surface area contributed by atoms with Crippen molar-refractivity contribution in [3.05, 3.63) is 22.7 Å². The van der Waals surface area contributed by atoms with Gasteiger partial charge in [0, 0.05) is 36.9 Å². The van der Waals surface area contributed by atoms with Gasteiger partial charge in [0.1, 0.15) is 6.04 Å². The van der Waals surface area contributed by atoms with Crippen LogP contribution in [0.15, 0.2) is 12.1 Å². The Kier molecular flexibility index (Phi) is 4.06. The number of benzene rings is 1. The van der Waals surface area contributed by atoms with Crippen LogP contribution in [0.3, 0.4) is 0 Å². The molecule has 0 aromatic heterocycles. The number of rotatable bonds is 4. The van der Waals surface area contributed by atoms with Crippen LogP contribution in [-0.2, 0) is 4.79 Å². The summed E-state index contributed by atoms with van der Waals surface area (Å²) in [6.07, 6.45) is 0.969. The van der Waals surface area contributed by atoms with E-state index < -0.39 is 0 Å². The van der Waals surface area contributed by atoms with Gasteiger partial charge >= 0.3 is 0 Å². The predicted molar refractivity (Wildman–Crippen MR) is 83.9 cm³/mol. The fraction of sp³-hybridized carbons (Fsp3) is 0.533. The molecule has 1 amide bonds. The van der Waals surface area contributed by atoms with Crippen molar-refractivity contribution in [2.24, 2.45) is 5.92 Å². The third-order valence-electron chi connectivity index (χ3n) is 4.24. The number of halogens is 1. The van der Waals surface area contributed by atoms with Crippen molar-refractivity contribution < 1.29 is 9.90 Å². The Hall–Kier alpha value is -1.30. The maximum absolute atomic E-state index is 12.0. The quantitative estimate of drug-likeness (QED) is 0.793. The molecule has 0 aliphatic carbocycles. The zero-order valence-corrected chi connectivity index (χ0v) is 12.8. The number of amides is 1. The van der Waals surface area contributed by atoms with Crippen molar-refractivity contribution in [3.63, 3.8) is 0 Å². The molecular weight excluding hydrogens is 290 g/mol. The first kappa shape index (κ1) is 14.6. The Labute approximate surface area is 129 Å². The Balaban J connectivity index is 1.89. The Morgan fingerprint density at radius 2 is 2.33 bits per heavy atom. The van der Waals surface area contributed by atoms with Gasteiger partial charge in [-0.1, -0.05) is 18.5 Å². The third kappa shape index (κ3) is 2.61. The van der Waals surface area contributed by atoms with Crippen molar-refractivity contribution in [3.8, 4) is 0 Å². The van der Waals surface area contributed by atoms with Gasteiger partial charge in [-0.3, -0.25) is 4.79 Å². The second-order valence-corrected chi connectivity index (χ2v) is 6.06. The van der Waals surface area contributed by atoms with Crippen LogP contribution in [0.5, 0.6) is 0 Å². The van der Waals surface area contributed by atoms with Gasteiger partial charge in [0.25, 0.3) is 0 Å². The molecule has 2 heterocycles. The number of nitrogens with zero attached hydrogens (tertiary/aromatic N) is 1. The number of hydrogen-bond donors (Lipinski definition) is 3. The van der Waals surface area contributed by atoms with Crippen LogP contribution in [0.4, 0.5) is 11.4 Å². The number of anilines is 2. The lowest BCUT2D eigenvalue weighted by Gasteiger charge is -2.21. The summed E-state index contributed by atoms with van der Waals surface area (Å²) in [6.45, 7) is 4.59. The smallest absolute Gasteiger partial charge is 0.246 e. The molecule has 114 valence electrons. The number of aliphatic hydroxyl groups excluding tert-OH is 1. The van der Waals surface area contributed by atoms with Crippen LogP contribution >= 0.6 is 11.6 Å². The van der Waals surface area contributed by atoms with Crippen molar-refractivity contribution in [2.45, 2.75) is 19.4 Å². The van der Waals surface area contributed by atoms with Gasteiger partial charge in [-0.15, -0.1) is 0 Å². The van der Waals surface area contributed by atoms with Gasteiger partial charge in [-0.2, -0.15) is 0 Å². The molecule has 2 atom stereocenters. The summed E-state index contributed by atoms with van der Waals surface area (Å²) in [5.41, 5.74) is 2.68. The Morgan fingerprint density at radius 1 is 1.52 bits per heavy atom. The van der Waals surface area contributed by atoms with Crippen LogP contribution in [0.2, 0.25) is 5.02 Å². The van der Waals surface area contributed by atoms with E-state index in [2.05, 4.69) is 15.5 Å². The molecule has 1 saturated heterocycles. The third-order valence-corrected chi connectivity index (χ3v) is 4.55. The average Bonchev–Trinajstić information content (AvgIpc) is 3.05. The molecule has 2 aliphatic heterocycles. The lowest BCUT2D eigenvalue weighted by Crippen LogP contribution is -2.27. The molecule has 0 saturated carbocycles. The van der Waals surface area contributed by atoms with E-state index in [1.54, 1.807) is 0 Å². The standard InChI is InChI=1S/C15H20ClN3O2/c1-2-17-14-10-5-11(16)13(6-12(10)18-15(14)21)19-4-3-9(7-19)8-20/h5-6,9,14,17,20H,2-4,7-8H2,1H3,(H,18,21). The Morgan fingerprint density at radius 3 is 3.00 bits per heavy atom. The van der Waals surface area contributed by atoms with Crippen LogP contribution in [0.25, 0.3) is 0 Å². The van der Waals surface area contributed by atoms with Crippen LogP contribution in [0, 0.1) is 5.92 Å². The van der Waals surface area contributed by atoms with Gasteiger partial charge in [-0.25, -0.2) is 0 Å². The molecule has 2 aliphatic rings. The van der Waals surface area contributed by atoms with Crippen molar-refractivity contribution >= 4 is 28.9 Å². The van der Waals surface area contributed by atoms with E-state index >= 15 is 0 Å². The second-order valence-electron chi connectivity index (χ2n) is 5.65. The fourth-order valence-corrected chi connectivity index (χ4v) is 3.41. The van der Waals surface area contributed by atoms with Gasteiger partial charge in [0.2, 0.25) is 5.91 Å². The molecule has 5 nitrogen and oxygen atoms in total. The van der Waals surface area contributed by atoms with E-state index in [1.165, 1.54) is 0 Å². The molecule has 6 heteroatoms. The molecule has 3 N–H and O–H groups in total. The molecule has 0 spiro atoms. The minimum absolute atomic E-state index is 0.0327. The minimum atomic E-state index is -0.319. The first-order valence-electron chi connectivity index (χ1n) is 7.37. The average molecular weight is 310 g/mol. The van der Waals surface area contributed by atoms with Crippen molar-refractivity contribution in [1.82, 2.24) is 5.32 Å². The predicted octanol–water partition coefficient (Wildman–Crippen LogP) is 1.76. The van der Waals surface area contributed by atoms with Gasteiger partial charge in [0.05, 0.1) is 10.7 Å². The highest BCUT2D eigenvalue weighted by Crippen LogP contribution is 2.40. The summed E-state index contributed by atoms with van der Waals surface area (Å²) in [6, 6.07) is 3.51. The normalized spacial score (nSPS) is 24.3. The van der Waals surface area contributed by atoms with Gasteiger partial charge in [0.15, 0.2) is 0 Å². The van der Waals surface area contributed by atoms with Gasteiger partial charge in [-0.05, 0) is 25.1 Å². The minimum Gasteiger partial charge on any atom is -0.396 e. The van der Waals surface area contributed by atoms with E-state index in [0.29, 0.717) is 10.9 Å². The summed E-state index contributed by atoms with van der Waals surface area (Å²) in [7, 11) is 0. The highest BCUT2D eigenvalue weighted by molar-refractivity contribution is 6.33. The SMILES string of the molecule is CCNC1C(=O)Nc2cc(N3CCC(CO)C3)c(Cl)cc21. The summed E-state index contributed by atoms with van der Waals surface area (Å²) in [4.78, 5) is 14.2. The highest BCUT2D eigenvalue weighted by atomic mass is 35.5. The van der Waals surface area contributed by atoms with Gasteiger partial charge < -0.3 is 20.6 Å². The number of hydrogen-bond acceptors (Lipinski definition) is 4. The molecule has 1 aromatic rings. The molecule has 3 rings (SSSR count). The topological polar surface area (TPSA) is 64.6 Å². The molecule has 0 bridgehead atoms. The number of aliphatic hydroxyl groups is 1. The molecule has 2 unspecified atom stereocenters. The monoisotopic (exact) mass is 309 g/mol. The number of carbonyl (C=O) groups is 1. The lowest BCUT2D eigenvalue weighted by molar-refractivity contribution is -0.117. The Bertz CT molecular complexity index is 564. The van der Waals surface area contributed by atoms with E-state index in [4.69, 9.17) is 11.6 Å². The number of fused-ring (bicyclic) bond motifs is 1. The van der Waals surface area contributed by atoms with Crippen LogP contribution in [0.1, 0.15) is 24.9 Å². The first-order chi connectivity index (χ1) is 10.1. The van der Waals surface area contributed by atoms with E-state index in [0.717, 1.165) is 43.0 Å². The van der Waals surface area contributed by atoms with E-state index in [9.17, 15) is 9.90 Å². The van der Waals surface area contributed by atoms with E-state index in [1.807, 2.05) is 19.1 Å². The molecule has 1 aromatic carbocycles. The van der Waals surface area contributed by atoms with Crippen LogP contribution < -0.4 is 15.5 Å². The lowest BCUT2D eigenvalue weighted by atomic mass is 10.1.